The first-order valence-electron chi connectivity index (χ1n) is 4.90. The molecular formula is C10H14N2O2. The molecule has 0 aromatic carbocycles. The molecule has 0 saturated carbocycles. The Morgan fingerprint density at radius 3 is 3.14 bits per heavy atom. The van der Waals surface area contributed by atoms with Gasteiger partial charge in [-0.25, -0.2) is 4.98 Å². The van der Waals surface area contributed by atoms with E-state index in [1.165, 1.54) is 0 Å². The Bertz CT molecular complexity index is 322. The molecule has 1 saturated heterocycles. The van der Waals surface area contributed by atoms with Crippen LogP contribution >= 0.6 is 0 Å². The molecule has 0 spiro atoms. The van der Waals surface area contributed by atoms with Crippen LogP contribution in [0.25, 0.3) is 0 Å². The Labute approximate surface area is 82.9 Å². The summed E-state index contributed by atoms with van der Waals surface area (Å²) in [4.78, 5) is 14.3. The Morgan fingerprint density at radius 2 is 2.57 bits per heavy atom. The molecule has 76 valence electrons. The molecule has 1 aromatic heterocycles. The maximum Gasteiger partial charge on any atom is 0.169 e. The van der Waals surface area contributed by atoms with E-state index in [4.69, 9.17) is 4.74 Å². The van der Waals surface area contributed by atoms with E-state index in [-0.39, 0.29) is 6.10 Å². The average Bonchev–Trinajstić information content (AvgIpc) is 2.76. The third kappa shape index (κ3) is 2.01. The Morgan fingerprint density at radius 1 is 1.71 bits per heavy atom. The molecule has 1 aliphatic heterocycles. The third-order valence-corrected chi connectivity index (χ3v) is 2.51. The van der Waals surface area contributed by atoms with Gasteiger partial charge in [-0.05, 0) is 19.8 Å². The Hall–Kier alpha value is -1.16. The van der Waals surface area contributed by atoms with Crippen LogP contribution in [0.1, 0.15) is 30.3 Å². The minimum atomic E-state index is 0.277. The number of carbonyl (C=O) groups is 1. The van der Waals surface area contributed by atoms with Gasteiger partial charge in [-0.1, -0.05) is 0 Å². The van der Waals surface area contributed by atoms with Crippen LogP contribution in [0.2, 0.25) is 0 Å². The van der Waals surface area contributed by atoms with Gasteiger partial charge in [0, 0.05) is 12.7 Å². The van der Waals surface area contributed by atoms with Crippen LogP contribution in [0.3, 0.4) is 0 Å². The molecule has 1 aliphatic rings. The summed E-state index contributed by atoms with van der Waals surface area (Å²) >= 11 is 0. The third-order valence-electron chi connectivity index (χ3n) is 2.51. The molecule has 0 radical (unpaired) electrons. The van der Waals surface area contributed by atoms with Crippen LogP contribution in [0.15, 0.2) is 12.5 Å². The van der Waals surface area contributed by atoms with Crippen LogP contribution in [-0.2, 0) is 11.3 Å². The van der Waals surface area contributed by atoms with Crippen molar-refractivity contribution in [3.8, 4) is 0 Å². The zero-order valence-electron chi connectivity index (χ0n) is 8.22. The van der Waals surface area contributed by atoms with Gasteiger partial charge >= 0.3 is 0 Å². The highest BCUT2D eigenvalue weighted by Crippen LogP contribution is 2.20. The number of hydrogen-bond acceptors (Lipinski definition) is 3. The van der Waals surface area contributed by atoms with E-state index < -0.39 is 0 Å². The molecule has 2 atom stereocenters. The SMILES string of the molecule is CC1CCC(Cn2cnc(C=O)c2)O1. The molecule has 4 heteroatoms. The number of aldehydes is 1. The van der Waals surface area contributed by atoms with E-state index in [1.807, 2.05) is 4.57 Å². The fraction of sp³-hybridized carbons (Fsp3) is 0.600. The Kier molecular flexibility index (Phi) is 2.63. The number of hydrogen-bond donors (Lipinski definition) is 0. The minimum absolute atomic E-state index is 0.277. The zero-order valence-corrected chi connectivity index (χ0v) is 8.22. The van der Waals surface area contributed by atoms with Gasteiger partial charge in [0.15, 0.2) is 6.29 Å². The summed E-state index contributed by atoms with van der Waals surface area (Å²) in [6.07, 6.45) is 7.05. The lowest BCUT2D eigenvalue weighted by Crippen LogP contribution is -2.15. The van der Waals surface area contributed by atoms with Gasteiger partial charge < -0.3 is 9.30 Å². The molecule has 14 heavy (non-hydrogen) atoms. The van der Waals surface area contributed by atoms with Crippen molar-refractivity contribution >= 4 is 6.29 Å². The van der Waals surface area contributed by atoms with Crippen molar-refractivity contribution in [2.24, 2.45) is 0 Å². The van der Waals surface area contributed by atoms with E-state index in [9.17, 15) is 4.79 Å². The summed E-state index contributed by atoms with van der Waals surface area (Å²) in [7, 11) is 0. The van der Waals surface area contributed by atoms with Gasteiger partial charge in [-0.2, -0.15) is 0 Å². The Balaban J connectivity index is 1.93. The fourth-order valence-corrected chi connectivity index (χ4v) is 1.79. The molecule has 0 bridgehead atoms. The summed E-state index contributed by atoms with van der Waals surface area (Å²) in [6, 6.07) is 0. The highest BCUT2D eigenvalue weighted by atomic mass is 16.5. The van der Waals surface area contributed by atoms with Crippen LogP contribution in [-0.4, -0.2) is 28.0 Å². The maximum atomic E-state index is 10.4. The second-order valence-electron chi connectivity index (χ2n) is 3.76. The molecule has 1 aromatic rings. The van der Waals surface area contributed by atoms with E-state index in [2.05, 4.69) is 11.9 Å². The standard InChI is InChI=1S/C10H14N2O2/c1-8-2-3-10(14-8)5-12-4-9(6-13)11-7-12/h4,6-8,10H,2-3,5H2,1H3. The lowest BCUT2D eigenvalue weighted by molar-refractivity contribution is 0.0457. The van der Waals surface area contributed by atoms with Gasteiger partial charge in [0.25, 0.3) is 0 Å². The van der Waals surface area contributed by atoms with Crippen molar-refractivity contribution in [1.82, 2.24) is 9.55 Å². The first-order chi connectivity index (χ1) is 6.78. The van der Waals surface area contributed by atoms with Crippen molar-refractivity contribution in [1.29, 1.82) is 0 Å². The maximum absolute atomic E-state index is 10.4. The minimum Gasteiger partial charge on any atom is -0.373 e. The van der Waals surface area contributed by atoms with E-state index in [1.54, 1.807) is 12.5 Å². The molecule has 2 heterocycles. The fourth-order valence-electron chi connectivity index (χ4n) is 1.79. The predicted octanol–water partition coefficient (Wildman–Crippen LogP) is 1.26. The van der Waals surface area contributed by atoms with Crippen molar-refractivity contribution in [2.45, 2.75) is 38.5 Å². The van der Waals surface area contributed by atoms with Crippen LogP contribution in [0.5, 0.6) is 0 Å². The molecule has 0 aliphatic carbocycles. The summed E-state index contributed by atoms with van der Waals surface area (Å²) < 4.78 is 7.58. The molecule has 2 unspecified atom stereocenters. The van der Waals surface area contributed by atoms with Crippen molar-refractivity contribution in [2.75, 3.05) is 0 Å². The second-order valence-corrected chi connectivity index (χ2v) is 3.76. The smallest absolute Gasteiger partial charge is 0.169 e. The summed E-state index contributed by atoms with van der Waals surface area (Å²) in [5.41, 5.74) is 0.482. The number of rotatable bonds is 3. The van der Waals surface area contributed by atoms with Crippen LogP contribution < -0.4 is 0 Å². The molecule has 4 nitrogen and oxygen atoms in total. The van der Waals surface area contributed by atoms with Gasteiger partial charge in [-0.15, -0.1) is 0 Å². The van der Waals surface area contributed by atoms with Crippen molar-refractivity contribution in [3.63, 3.8) is 0 Å². The van der Waals surface area contributed by atoms with Crippen molar-refractivity contribution < 1.29 is 9.53 Å². The first kappa shape index (κ1) is 9.40. The quantitative estimate of drug-likeness (QED) is 0.680. The van der Waals surface area contributed by atoms with E-state index in [0.717, 1.165) is 25.7 Å². The zero-order chi connectivity index (χ0) is 9.97. The molecule has 2 rings (SSSR count). The van der Waals surface area contributed by atoms with Crippen molar-refractivity contribution in [3.05, 3.63) is 18.2 Å². The van der Waals surface area contributed by atoms with E-state index in [0.29, 0.717) is 11.8 Å². The number of nitrogens with zero attached hydrogens (tertiary/aromatic N) is 2. The van der Waals surface area contributed by atoms with Gasteiger partial charge in [0.2, 0.25) is 0 Å². The van der Waals surface area contributed by atoms with Gasteiger partial charge in [0.05, 0.1) is 18.5 Å². The van der Waals surface area contributed by atoms with Crippen LogP contribution in [0.4, 0.5) is 0 Å². The number of carbonyl (C=O) groups excluding carboxylic acids is 1. The summed E-state index contributed by atoms with van der Waals surface area (Å²) in [6.45, 7) is 2.88. The highest BCUT2D eigenvalue weighted by molar-refractivity contribution is 5.70. The second kappa shape index (κ2) is 3.92. The molecule has 1 fully saturated rings. The number of imidazole rings is 1. The van der Waals surface area contributed by atoms with Gasteiger partial charge in [0.1, 0.15) is 5.69 Å². The monoisotopic (exact) mass is 194 g/mol. The average molecular weight is 194 g/mol. The number of ether oxygens (including phenoxy) is 1. The molecule has 0 N–H and O–H groups in total. The predicted molar refractivity (Wildman–Crippen MR) is 51.2 cm³/mol. The highest BCUT2D eigenvalue weighted by Gasteiger charge is 2.21. The number of aromatic nitrogens is 2. The summed E-state index contributed by atoms with van der Waals surface area (Å²) in [5, 5.41) is 0. The van der Waals surface area contributed by atoms with Gasteiger partial charge in [-0.3, -0.25) is 4.79 Å². The molecule has 0 amide bonds. The van der Waals surface area contributed by atoms with E-state index >= 15 is 0 Å². The molecular weight excluding hydrogens is 180 g/mol. The first-order valence-corrected chi connectivity index (χ1v) is 4.90. The topological polar surface area (TPSA) is 44.1 Å². The largest absolute Gasteiger partial charge is 0.373 e. The van der Waals surface area contributed by atoms with Crippen LogP contribution in [0, 0.1) is 0 Å². The normalized spacial score (nSPS) is 26.6. The lowest BCUT2D eigenvalue weighted by atomic mass is 10.2. The summed E-state index contributed by atoms with van der Waals surface area (Å²) in [5.74, 6) is 0. The lowest BCUT2D eigenvalue weighted by Gasteiger charge is -2.10.